The van der Waals surface area contributed by atoms with Crippen molar-refractivity contribution in [2.24, 2.45) is 5.41 Å². The first kappa shape index (κ1) is 16.2. The Labute approximate surface area is 131 Å². The van der Waals surface area contributed by atoms with Gasteiger partial charge in [0.15, 0.2) is 0 Å². The van der Waals surface area contributed by atoms with E-state index < -0.39 is 0 Å². The molecule has 0 aliphatic heterocycles. The van der Waals surface area contributed by atoms with Crippen molar-refractivity contribution in [3.63, 3.8) is 0 Å². The fourth-order valence-electron chi connectivity index (χ4n) is 2.51. The minimum absolute atomic E-state index is 0.173. The number of imidazole rings is 1. The average Bonchev–Trinajstić information content (AvgIpc) is 2.96. The molecule has 4 nitrogen and oxygen atoms in total. The zero-order valence-corrected chi connectivity index (χ0v) is 14.7. The highest BCUT2D eigenvalue weighted by Gasteiger charge is 2.27. The lowest BCUT2D eigenvalue weighted by molar-refractivity contribution is 0.226. The van der Waals surface area contributed by atoms with Gasteiger partial charge in [0.1, 0.15) is 0 Å². The van der Waals surface area contributed by atoms with Gasteiger partial charge in [0.2, 0.25) is 0 Å². The van der Waals surface area contributed by atoms with E-state index in [1.807, 2.05) is 18.7 Å². The molecule has 5 heteroatoms. The molecule has 116 valence electrons. The first-order valence-electron chi connectivity index (χ1n) is 7.43. The number of aryl methyl sites for hydroxylation is 2. The Morgan fingerprint density at radius 2 is 2.05 bits per heavy atom. The predicted octanol–water partition coefficient (Wildman–Crippen LogP) is 3.72. The SMILES string of the molecule is Cc1nc(C)c(C(C)NC(Cn2ccnc2)C(C)(C)C)s1. The fraction of sp³-hybridized carbons (Fsp3) is 0.625. The summed E-state index contributed by atoms with van der Waals surface area (Å²) in [5.74, 6) is 0. The van der Waals surface area contributed by atoms with E-state index in [2.05, 4.69) is 61.4 Å². The molecule has 0 aliphatic carbocycles. The van der Waals surface area contributed by atoms with Gasteiger partial charge in [-0.25, -0.2) is 9.97 Å². The van der Waals surface area contributed by atoms with Crippen LogP contribution in [0.2, 0.25) is 0 Å². The Morgan fingerprint density at radius 3 is 2.52 bits per heavy atom. The maximum Gasteiger partial charge on any atom is 0.0946 e. The number of nitrogens with one attached hydrogen (secondary N) is 1. The highest BCUT2D eigenvalue weighted by molar-refractivity contribution is 7.11. The Morgan fingerprint density at radius 1 is 1.33 bits per heavy atom. The molecule has 0 bridgehead atoms. The molecule has 2 aromatic rings. The number of rotatable bonds is 5. The largest absolute Gasteiger partial charge is 0.336 e. The summed E-state index contributed by atoms with van der Waals surface area (Å²) in [6.07, 6.45) is 5.74. The second-order valence-electron chi connectivity index (χ2n) is 6.75. The molecule has 0 fully saturated rings. The molecule has 21 heavy (non-hydrogen) atoms. The fourth-order valence-corrected chi connectivity index (χ4v) is 3.45. The van der Waals surface area contributed by atoms with Gasteiger partial charge in [-0.3, -0.25) is 0 Å². The zero-order valence-electron chi connectivity index (χ0n) is 13.8. The van der Waals surface area contributed by atoms with Crippen molar-refractivity contribution in [2.45, 2.75) is 60.2 Å². The molecule has 2 aromatic heterocycles. The standard InChI is InChI=1S/C16H26N4S/c1-11-15(21-13(3)18-11)12(2)19-14(16(4,5)6)9-20-8-7-17-10-20/h7-8,10,12,14,19H,9H2,1-6H3. The van der Waals surface area contributed by atoms with Crippen molar-refractivity contribution in [3.8, 4) is 0 Å². The Hall–Kier alpha value is -1.20. The van der Waals surface area contributed by atoms with Crippen molar-refractivity contribution in [3.05, 3.63) is 34.3 Å². The van der Waals surface area contributed by atoms with E-state index in [9.17, 15) is 0 Å². The van der Waals surface area contributed by atoms with E-state index >= 15 is 0 Å². The molecular formula is C16H26N4S. The minimum atomic E-state index is 0.173. The summed E-state index contributed by atoms with van der Waals surface area (Å²) in [7, 11) is 0. The predicted molar refractivity (Wildman–Crippen MR) is 88.6 cm³/mol. The molecule has 2 unspecified atom stereocenters. The molecular weight excluding hydrogens is 280 g/mol. The van der Waals surface area contributed by atoms with Gasteiger partial charge in [0.25, 0.3) is 0 Å². The van der Waals surface area contributed by atoms with Crippen LogP contribution in [0.4, 0.5) is 0 Å². The Kier molecular flexibility index (Phi) is 4.84. The average molecular weight is 306 g/mol. The number of thiazole rings is 1. The summed E-state index contributed by atoms with van der Waals surface area (Å²) in [6, 6.07) is 0.674. The quantitative estimate of drug-likeness (QED) is 0.915. The van der Waals surface area contributed by atoms with Crippen LogP contribution < -0.4 is 5.32 Å². The van der Waals surface area contributed by atoms with E-state index in [0.29, 0.717) is 12.1 Å². The van der Waals surface area contributed by atoms with Crippen LogP contribution in [0.1, 0.15) is 49.3 Å². The molecule has 0 amide bonds. The van der Waals surface area contributed by atoms with Crippen molar-refractivity contribution in [1.82, 2.24) is 19.9 Å². The lowest BCUT2D eigenvalue weighted by Gasteiger charge is -2.34. The van der Waals surface area contributed by atoms with Crippen LogP contribution in [0.5, 0.6) is 0 Å². The van der Waals surface area contributed by atoms with Gasteiger partial charge in [0.05, 0.1) is 17.0 Å². The van der Waals surface area contributed by atoms with E-state index in [0.717, 1.165) is 17.2 Å². The van der Waals surface area contributed by atoms with Crippen LogP contribution >= 0.6 is 11.3 Å². The third-order valence-electron chi connectivity index (χ3n) is 3.78. The number of hydrogen-bond acceptors (Lipinski definition) is 4. The maximum absolute atomic E-state index is 4.54. The van der Waals surface area contributed by atoms with Gasteiger partial charge in [-0.15, -0.1) is 11.3 Å². The first-order valence-corrected chi connectivity index (χ1v) is 8.24. The minimum Gasteiger partial charge on any atom is -0.336 e. The molecule has 0 saturated heterocycles. The first-order chi connectivity index (χ1) is 9.77. The van der Waals surface area contributed by atoms with Gasteiger partial charge < -0.3 is 9.88 Å². The second-order valence-corrected chi connectivity index (χ2v) is 7.98. The summed E-state index contributed by atoms with van der Waals surface area (Å²) in [4.78, 5) is 10.0. The molecule has 0 spiro atoms. The van der Waals surface area contributed by atoms with Crippen molar-refractivity contribution in [2.75, 3.05) is 0 Å². The maximum atomic E-state index is 4.54. The Bertz CT molecular complexity index is 566. The van der Waals surface area contributed by atoms with Crippen LogP contribution in [-0.4, -0.2) is 20.6 Å². The topological polar surface area (TPSA) is 42.7 Å². The van der Waals surface area contributed by atoms with Gasteiger partial charge in [-0.05, 0) is 26.2 Å². The zero-order chi connectivity index (χ0) is 15.6. The smallest absolute Gasteiger partial charge is 0.0946 e. The van der Waals surface area contributed by atoms with Crippen LogP contribution in [0.25, 0.3) is 0 Å². The van der Waals surface area contributed by atoms with E-state index in [4.69, 9.17) is 0 Å². The van der Waals surface area contributed by atoms with E-state index in [1.165, 1.54) is 4.88 Å². The molecule has 1 N–H and O–H groups in total. The normalized spacial score (nSPS) is 15.1. The number of hydrogen-bond donors (Lipinski definition) is 1. The van der Waals surface area contributed by atoms with Gasteiger partial charge in [-0.2, -0.15) is 0 Å². The summed E-state index contributed by atoms with van der Waals surface area (Å²) in [6.45, 7) is 14.1. The highest BCUT2D eigenvalue weighted by Crippen LogP contribution is 2.28. The third kappa shape index (κ3) is 4.14. The van der Waals surface area contributed by atoms with Crippen LogP contribution in [-0.2, 0) is 6.54 Å². The number of aromatic nitrogens is 3. The molecule has 0 saturated carbocycles. The molecule has 0 aliphatic rings. The molecule has 0 aromatic carbocycles. The van der Waals surface area contributed by atoms with Crippen LogP contribution in [0.15, 0.2) is 18.7 Å². The lowest BCUT2D eigenvalue weighted by atomic mass is 9.86. The van der Waals surface area contributed by atoms with Crippen LogP contribution in [0, 0.1) is 19.3 Å². The number of nitrogens with zero attached hydrogens (tertiary/aromatic N) is 3. The molecule has 2 rings (SSSR count). The molecule has 2 heterocycles. The summed E-state index contributed by atoms with van der Waals surface area (Å²) < 4.78 is 2.14. The van der Waals surface area contributed by atoms with E-state index in [-0.39, 0.29) is 5.41 Å². The summed E-state index contributed by atoms with van der Waals surface area (Å²) in [5, 5.41) is 4.92. The Balaban J connectivity index is 2.13. The summed E-state index contributed by atoms with van der Waals surface area (Å²) >= 11 is 1.79. The van der Waals surface area contributed by atoms with Gasteiger partial charge in [0, 0.05) is 35.9 Å². The van der Waals surface area contributed by atoms with Crippen molar-refractivity contribution >= 4 is 11.3 Å². The van der Waals surface area contributed by atoms with Crippen molar-refractivity contribution in [1.29, 1.82) is 0 Å². The van der Waals surface area contributed by atoms with E-state index in [1.54, 1.807) is 11.3 Å². The lowest BCUT2D eigenvalue weighted by Crippen LogP contribution is -2.44. The van der Waals surface area contributed by atoms with Crippen molar-refractivity contribution < 1.29 is 0 Å². The monoisotopic (exact) mass is 306 g/mol. The molecule has 0 radical (unpaired) electrons. The van der Waals surface area contributed by atoms with Crippen LogP contribution in [0.3, 0.4) is 0 Å². The second kappa shape index (κ2) is 6.28. The third-order valence-corrected chi connectivity index (χ3v) is 5.04. The molecule has 2 atom stereocenters. The summed E-state index contributed by atoms with van der Waals surface area (Å²) in [5.41, 5.74) is 1.32. The highest BCUT2D eigenvalue weighted by atomic mass is 32.1. The van der Waals surface area contributed by atoms with Gasteiger partial charge >= 0.3 is 0 Å². The van der Waals surface area contributed by atoms with Gasteiger partial charge in [-0.1, -0.05) is 20.8 Å².